The van der Waals surface area contributed by atoms with Gasteiger partial charge in [-0.1, -0.05) is 45.7 Å². The number of carbonyl (C=O) groups is 1. The SMILES string of the molecule is CCOc1ccc(C2c3c(oc4ccc(Cl)cc4c3=O)C(=O)N2c2cccc(Br)c2)cc1. The van der Waals surface area contributed by atoms with Gasteiger partial charge in [0.15, 0.2) is 5.43 Å². The van der Waals surface area contributed by atoms with Crippen LogP contribution >= 0.6 is 27.5 Å². The molecule has 1 unspecified atom stereocenters. The number of nitrogens with zero attached hydrogens (tertiary/aromatic N) is 1. The van der Waals surface area contributed by atoms with Gasteiger partial charge in [-0.25, -0.2) is 0 Å². The fourth-order valence-corrected chi connectivity index (χ4v) is 4.63. The van der Waals surface area contributed by atoms with Crippen LogP contribution in [0.25, 0.3) is 11.0 Å². The Bertz CT molecular complexity index is 1410. The quantitative estimate of drug-likeness (QED) is 0.321. The van der Waals surface area contributed by atoms with Crippen LogP contribution in [-0.2, 0) is 0 Å². The Morgan fingerprint density at radius 1 is 1.06 bits per heavy atom. The maximum absolute atomic E-state index is 13.6. The zero-order valence-electron chi connectivity index (χ0n) is 17.0. The number of ether oxygens (including phenoxy) is 1. The van der Waals surface area contributed by atoms with Crippen LogP contribution in [0, 0.1) is 0 Å². The Hall–Kier alpha value is -3.09. The summed E-state index contributed by atoms with van der Waals surface area (Å²) in [5, 5.41) is 0.770. The van der Waals surface area contributed by atoms with Crippen LogP contribution in [0.5, 0.6) is 5.75 Å². The van der Waals surface area contributed by atoms with Crippen molar-refractivity contribution >= 4 is 50.1 Å². The number of hydrogen-bond donors (Lipinski definition) is 0. The fraction of sp³-hybridized carbons (Fsp3) is 0.120. The summed E-state index contributed by atoms with van der Waals surface area (Å²) in [6, 6.07) is 19.0. The lowest BCUT2D eigenvalue weighted by atomic mass is 9.98. The van der Waals surface area contributed by atoms with E-state index in [0.29, 0.717) is 39.6 Å². The van der Waals surface area contributed by atoms with Gasteiger partial charge in [-0.3, -0.25) is 14.5 Å². The summed E-state index contributed by atoms with van der Waals surface area (Å²) in [6.07, 6.45) is 0. The molecule has 32 heavy (non-hydrogen) atoms. The van der Waals surface area contributed by atoms with Gasteiger partial charge in [0.2, 0.25) is 5.76 Å². The Balaban J connectivity index is 1.77. The summed E-state index contributed by atoms with van der Waals surface area (Å²) >= 11 is 9.61. The number of fused-ring (bicyclic) bond motifs is 2. The van der Waals surface area contributed by atoms with E-state index in [2.05, 4.69) is 15.9 Å². The Labute approximate surface area is 197 Å². The minimum absolute atomic E-state index is 0.0451. The minimum Gasteiger partial charge on any atom is -0.494 e. The first-order valence-electron chi connectivity index (χ1n) is 10.1. The van der Waals surface area contributed by atoms with Crippen molar-refractivity contribution in [2.24, 2.45) is 0 Å². The molecule has 0 radical (unpaired) electrons. The van der Waals surface area contributed by atoms with E-state index in [1.165, 1.54) is 0 Å². The average Bonchev–Trinajstić information content (AvgIpc) is 3.08. The molecule has 160 valence electrons. The standard InChI is InChI=1S/C25H17BrClNO4/c1-2-31-18-9-6-14(7-10-18)22-21-23(29)19-13-16(27)8-11-20(19)32-24(21)25(30)28(22)17-5-3-4-15(26)12-17/h3-13,22H,2H2,1H3. The zero-order valence-corrected chi connectivity index (χ0v) is 19.3. The van der Waals surface area contributed by atoms with Crippen LogP contribution in [0.1, 0.15) is 34.6 Å². The van der Waals surface area contributed by atoms with Gasteiger partial charge in [-0.05, 0) is 61.0 Å². The molecule has 3 aromatic carbocycles. The summed E-state index contributed by atoms with van der Waals surface area (Å²) in [5.74, 6) is 0.391. The highest BCUT2D eigenvalue weighted by molar-refractivity contribution is 9.10. The molecule has 4 aromatic rings. The van der Waals surface area contributed by atoms with Gasteiger partial charge in [0.25, 0.3) is 5.91 Å². The van der Waals surface area contributed by atoms with E-state index >= 15 is 0 Å². The molecule has 1 aliphatic rings. The van der Waals surface area contributed by atoms with Crippen LogP contribution in [0.2, 0.25) is 5.02 Å². The molecule has 0 fully saturated rings. The smallest absolute Gasteiger partial charge is 0.295 e. The molecule has 0 saturated carbocycles. The normalized spacial score (nSPS) is 15.3. The second-order valence-corrected chi connectivity index (χ2v) is 8.73. The third kappa shape index (κ3) is 3.40. The lowest BCUT2D eigenvalue weighted by molar-refractivity contribution is 0.0971. The van der Waals surface area contributed by atoms with Crippen molar-refractivity contribution < 1.29 is 13.9 Å². The molecular formula is C25H17BrClNO4. The predicted molar refractivity (Wildman–Crippen MR) is 128 cm³/mol. The van der Waals surface area contributed by atoms with Crippen molar-refractivity contribution in [3.63, 3.8) is 0 Å². The van der Waals surface area contributed by atoms with Gasteiger partial charge >= 0.3 is 0 Å². The van der Waals surface area contributed by atoms with E-state index in [1.807, 2.05) is 55.5 Å². The van der Waals surface area contributed by atoms with E-state index in [4.69, 9.17) is 20.8 Å². The molecule has 2 heterocycles. The first-order valence-corrected chi connectivity index (χ1v) is 11.2. The largest absolute Gasteiger partial charge is 0.494 e. The lowest BCUT2D eigenvalue weighted by Gasteiger charge is -2.25. The Morgan fingerprint density at radius 3 is 2.56 bits per heavy atom. The molecule has 0 aliphatic carbocycles. The summed E-state index contributed by atoms with van der Waals surface area (Å²) < 4.78 is 12.3. The Kier molecular flexibility index (Phi) is 5.27. The van der Waals surface area contributed by atoms with E-state index in [9.17, 15) is 9.59 Å². The van der Waals surface area contributed by atoms with Gasteiger partial charge in [0.1, 0.15) is 11.3 Å². The predicted octanol–water partition coefficient (Wildman–Crippen LogP) is 6.36. The highest BCUT2D eigenvalue weighted by atomic mass is 79.9. The number of benzene rings is 3. The van der Waals surface area contributed by atoms with Gasteiger partial charge in [0.05, 0.1) is 23.6 Å². The summed E-state index contributed by atoms with van der Waals surface area (Å²) in [5.41, 5.74) is 1.78. The summed E-state index contributed by atoms with van der Waals surface area (Å²) in [4.78, 5) is 28.7. The first kappa shape index (κ1) is 20.8. The molecule has 5 nitrogen and oxygen atoms in total. The monoisotopic (exact) mass is 509 g/mol. The molecule has 1 aliphatic heterocycles. The van der Waals surface area contributed by atoms with Crippen molar-refractivity contribution in [1.82, 2.24) is 0 Å². The highest BCUT2D eigenvalue weighted by Gasteiger charge is 2.43. The van der Waals surface area contributed by atoms with Crippen LogP contribution in [-0.4, -0.2) is 12.5 Å². The molecule has 0 saturated heterocycles. The van der Waals surface area contributed by atoms with Gasteiger partial charge in [-0.15, -0.1) is 0 Å². The summed E-state index contributed by atoms with van der Waals surface area (Å²) in [6.45, 7) is 2.46. The molecule has 0 spiro atoms. The van der Waals surface area contributed by atoms with Crippen molar-refractivity contribution in [2.75, 3.05) is 11.5 Å². The Morgan fingerprint density at radius 2 is 1.84 bits per heavy atom. The average molecular weight is 511 g/mol. The molecule has 5 rings (SSSR count). The van der Waals surface area contributed by atoms with Crippen molar-refractivity contribution in [3.05, 3.63) is 103 Å². The number of carbonyl (C=O) groups excluding carboxylic acids is 1. The molecule has 0 bridgehead atoms. The fourth-order valence-electron chi connectivity index (χ4n) is 4.07. The third-order valence-corrected chi connectivity index (χ3v) is 6.15. The molecule has 1 amide bonds. The molecular weight excluding hydrogens is 494 g/mol. The zero-order chi connectivity index (χ0) is 22.4. The van der Waals surface area contributed by atoms with E-state index in [1.54, 1.807) is 23.1 Å². The maximum Gasteiger partial charge on any atom is 0.295 e. The second-order valence-electron chi connectivity index (χ2n) is 7.37. The van der Waals surface area contributed by atoms with E-state index < -0.39 is 6.04 Å². The number of amides is 1. The number of hydrogen-bond acceptors (Lipinski definition) is 4. The molecule has 7 heteroatoms. The first-order chi connectivity index (χ1) is 15.5. The highest BCUT2D eigenvalue weighted by Crippen LogP contribution is 2.42. The topological polar surface area (TPSA) is 59.8 Å². The van der Waals surface area contributed by atoms with Crippen LogP contribution < -0.4 is 15.1 Å². The molecule has 1 aromatic heterocycles. The molecule has 0 N–H and O–H groups in total. The second kappa shape index (κ2) is 8.11. The van der Waals surface area contributed by atoms with Crippen molar-refractivity contribution in [2.45, 2.75) is 13.0 Å². The van der Waals surface area contributed by atoms with E-state index in [-0.39, 0.29) is 17.1 Å². The molecule has 1 atom stereocenters. The van der Waals surface area contributed by atoms with Crippen LogP contribution in [0.15, 0.2) is 80.4 Å². The number of halogens is 2. The van der Waals surface area contributed by atoms with Crippen molar-refractivity contribution in [3.8, 4) is 5.75 Å². The van der Waals surface area contributed by atoms with E-state index in [0.717, 1.165) is 10.0 Å². The minimum atomic E-state index is -0.651. The van der Waals surface area contributed by atoms with Crippen LogP contribution in [0.4, 0.5) is 5.69 Å². The van der Waals surface area contributed by atoms with Gasteiger partial charge in [-0.2, -0.15) is 0 Å². The number of anilines is 1. The third-order valence-electron chi connectivity index (χ3n) is 5.43. The summed E-state index contributed by atoms with van der Waals surface area (Å²) in [7, 11) is 0. The van der Waals surface area contributed by atoms with Gasteiger partial charge < -0.3 is 9.15 Å². The van der Waals surface area contributed by atoms with Crippen molar-refractivity contribution in [1.29, 1.82) is 0 Å². The number of rotatable bonds is 4. The maximum atomic E-state index is 13.6. The van der Waals surface area contributed by atoms with Gasteiger partial charge in [0, 0.05) is 15.2 Å². The van der Waals surface area contributed by atoms with Crippen LogP contribution in [0.3, 0.4) is 0 Å². The lowest BCUT2D eigenvalue weighted by Crippen LogP contribution is -2.29.